The second-order valence-corrected chi connectivity index (χ2v) is 6.15. The Morgan fingerprint density at radius 1 is 1.33 bits per heavy atom. The van der Waals surface area contributed by atoms with Gasteiger partial charge in [0.1, 0.15) is 0 Å². The number of piperidine rings is 1. The van der Waals surface area contributed by atoms with E-state index in [0.29, 0.717) is 18.1 Å². The molecule has 2 N–H and O–H groups in total. The summed E-state index contributed by atoms with van der Waals surface area (Å²) in [6.07, 6.45) is 3.93. The predicted octanol–water partition coefficient (Wildman–Crippen LogP) is 3.01. The molecule has 1 saturated heterocycles. The van der Waals surface area contributed by atoms with Gasteiger partial charge in [0.25, 0.3) is 0 Å². The average molecular weight is 290 g/mol. The van der Waals surface area contributed by atoms with E-state index < -0.39 is 0 Å². The second kappa shape index (κ2) is 8.52. The molecule has 0 bridgehead atoms. The average Bonchev–Trinajstić information content (AvgIpc) is 2.54. The molecule has 3 unspecified atom stereocenters. The summed E-state index contributed by atoms with van der Waals surface area (Å²) in [5.74, 6) is 0.548. The van der Waals surface area contributed by atoms with Gasteiger partial charge in [-0.3, -0.25) is 4.90 Å². The van der Waals surface area contributed by atoms with E-state index in [1.54, 1.807) is 0 Å². The minimum Gasteiger partial charge on any atom is -0.377 e. The molecule has 1 aromatic rings. The summed E-state index contributed by atoms with van der Waals surface area (Å²) in [7, 11) is 0. The van der Waals surface area contributed by atoms with Crippen molar-refractivity contribution < 1.29 is 4.74 Å². The number of benzene rings is 1. The van der Waals surface area contributed by atoms with Crippen LogP contribution in [0.25, 0.3) is 0 Å². The van der Waals surface area contributed by atoms with Crippen molar-refractivity contribution in [3.8, 4) is 0 Å². The maximum Gasteiger partial charge on any atom is 0.0702 e. The van der Waals surface area contributed by atoms with Crippen molar-refractivity contribution in [3.05, 3.63) is 35.9 Å². The van der Waals surface area contributed by atoms with Crippen LogP contribution in [-0.4, -0.2) is 43.3 Å². The van der Waals surface area contributed by atoms with Gasteiger partial charge in [0.2, 0.25) is 0 Å². The van der Waals surface area contributed by atoms with Crippen LogP contribution in [0.1, 0.15) is 44.6 Å². The van der Waals surface area contributed by atoms with Crippen LogP contribution in [0.5, 0.6) is 0 Å². The van der Waals surface area contributed by atoms with Gasteiger partial charge in [0.15, 0.2) is 0 Å². The van der Waals surface area contributed by atoms with Crippen molar-refractivity contribution in [2.75, 3.05) is 26.2 Å². The predicted molar refractivity (Wildman–Crippen MR) is 88.5 cm³/mol. The Balaban J connectivity index is 1.92. The first-order chi connectivity index (χ1) is 10.2. The molecule has 3 atom stereocenters. The first-order valence-electron chi connectivity index (χ1n) is 8.35. The highest BCUT2D eigenvalue weighted by Gasteiger charge is 2.26. The molecule has 0 aliphatic carbocycles. The number of nitrogens with two attached hydrogens (primary N) is 1. The molecule has 21 heavy (non-hydrogen) atoms. The van der Waals surface area contributed by atoms with E-state index in [1.165, 1.54) is 18.4 Å². The zero-order valence-corrected chi connectivity index (χ0v) is 13.5. The van der Waals surface area contributed by atoms with E-state index in [2.05, 4.69) is 49.1 Å². The Kier molecular flexibility index (Phi) is 6.68. The third kappa shape index (κ3) is 4.80. The minimum atomic E-state index is 0.393. The van der Waals surface area contributed by atoms with Crippen molar-refractivity contribution in [2.45, 2.75) is 51.2 Å². The molecule has 118 valence electrons. The molecule has 3 heteroatoms. The summed E-state index contributed by atoms with van der Waals surface area (Å²) < 4.78 is 5.81. The molecule has 3 nitrogen and oxygen atoms in total. The van der Waals surface area contributed by atoms with E-state index in [4.69, 9.17) is 10.5 Å². The molecule has 2 rings (SSSR count). The molecule has 0 spiro atoms. The van der Waals surface area contributed by atoms with Crippen molar-refractivity contribution in [3.63, 3.8) is 0 Å². The lowest BCUT2D eigenvalue weighted by Gasteiger charge is -2.38. The smallest absolute Gasteiger partial charge is 0.0702 e. The van der Waals surface area contributed by atoms with Gasteiger partial charge in [0.05, 0.1) is 6.10 Å². The topological polar surface area (TPSA) is 38.5 Å². The highest BCUT2D eigenvalue weighted by molar-refractivity contribution is 5.19. The van der Waals surface area contributed by atoms with Crippen LogP contribution in [0, 0.1) is 0 Å². The SMILES string of the molecule is CCOC1CCCN(C(CN)CC(C)c2ccccc2)C1. The lowest BCUT2D eigenvalue weighted by molar-refractivity contribution is -0.00795. The molecule has 1 fully saturated rings. The minimum absolute atomic E-state index is 0.393. The first kappa shape index (κ1) is 16.5. The summed E-state index contributed by atoms with van der Waals surface area (Å²) in [5, 5.41) is 0. The van der Waals surface area contributed by atoms with Crippen LogP contribution >= 0.6 is 0 Å². The third-order valence-electron chi connectivity index (χ3n) is 4.59. The van der Waals surface area contributed by atoms with Gasteiger partial charge in [-0.25, -0.2) is 0 Å². The van der Waals surface area contributed by atoms with Gasteiger partial charge in [0, 0.05) is 25.7 Å². The number of hydrogen-bond acceptors (Lipinski definition) is 3. The molecule has 1 heterocycles. The van der Waals surface area contributed by atoms with Gasteiger partial charge >= 0.3 is 0 Å². The van der Waals surface area contributed by atoms with Crippen LogP contribution in [0.4, 0.5) is 0 Å². The zero-order chi connectivity index (χ0) is 15.1. The summed E-state index contributed by atoms with van der Waals surface area (Å²) in [6, 6.07) is 11.2. The Morgan fingerprint density at radius 3 is 2.76 bits per heavy atom. The molecular weight excluding hydrogens is 260 g/mol. The normalized spacial score (nSPS) is 22.9. The van der Waals surface area contributed by atoms with E-state index in [0.717, 1.165) is 32.7 Å². The van der Waals surface area contributed by atoms with Crippen molar-refractivity contribution in [1.29, 1.82) is 0 Å². The van der Waals surface area contributed by atoms with Crippen molar-refractivity contribution in [2.24, 2.45) is 5.73 Å². The number of hydrogen-bond donors (Lipinski definition) is 1. The fourth-order valence-corrected chi connectivity index (χ4v) is 3.39. The quantitative estimate of drug-likeness (QED) is 0.839. The first-order valence-corrected chi connectivity index (χ1v) is 8.35. The third-order valence-corrected chi connectivity index (χ3v) is 4.59. The lowest BCUT2D eigenvalue weighted by atomic mass is 9.92. The molecular formula is C18H30N2O. The van der Waals surface area contributed by atoms with Gasteiger partial charge in [-0.1, -0.05) is 37.3 Å². The van der Waals surface area contributed by atoms with Gasteiger partial charge in [-0.15, -0.1) is 0 Å². The fraction of sp³-hybridized carbons (Fsp3) is 0.667. The summed E-state index contributed by atoms with van der Waals surface area (Å²) in [6.45, 7) is 8.13. The van der Waals surface area contributed by atoms with Crippen LogP contribution in [0.15, 0.2) is 30.3 Å². The molecule has 0 radical (unpaired) electrons. The second-order valence-electron chi connectivity index (χ2n) is 6.15. The standard InChI is InChI=1S/C18H30N2O/c1-3-21-18-10-7-11-20(14-18)17(13-19)12-15(2)16-8-5-4-6-9-16/h4-6,8-9,15,17-18H,3,7,10-14,19H2,1-2H3. The van der Waals surface area contributed by atoms with E-state index >= 15 is 0 Å². The van der Waals surface area contributed by atoms with Crippen molar-refractivity contribution in [1.82, 2.24) is 4.90 Å². The molecule has 1 aliphatic rings. The molecule has 0 amide bonds. The van der Waals surface area contributed by atoms with Gasteiger partial charge < -0.3 is 10.5 Å². The van der Waals surface area contributed by atoms with E-state index in [1.807, 2.05) is 0 Å². The number of nitrogens with zero attached hydrogens (tertiary/aromatic N) is 1. The van der Waals surface area contributed by atoms with Crippen molar-refractivity contribution >= 4 is 0 Å². The summed E-state index contributed by atoms with van der Waals surface area (Å²) >= 11 is 0. The van der Waals surface area contributed by atoms with Gasteiger partial charge in [-0.05, 0) is 44.2 Å². The Labute approximate surface area is 129 Å². The Bertz CT molecular complexity index is 393. The number of ether oxygens (including phenoxy) is 1. The number of likely N-dealkylation sites (tertiary alicyclic amines) is 1. The Hall–Kier alpha value is -0.900. The van der Waals surface area contributed by atoms with Gasteiger partial charge in [-0.2, -0.15) is 0 Å². The summed E-state index contributed by atoms with van der Waals surface area (Å²) in [5.41, 5.74) is 7.48. The largest absolute Gasteiger partial charge is 0.377 e. The van der Waals surface area contributed by atoms with E-state index in [-0.39, 0.29) is 0 Å². The number of rotatable bonds is 7. The monoisotopic (exact) mass is 290 g/mol. The van der Waals surface area contributed by atoms with Crippen LogP contribution in [0.2, 0.25) is 0 Å². The fourth-order valence-electron chi connectivity index (χ4n) is 3.39. The van der Waals surface area contributed by atoms with E-state index in [9.17, 15) is 0 Å². The zero-order valence-electron chi connectivity index (χ0n) is 13.5. The molecule has 1 aromatic carbocycles. The molecule has 0 aromatic heterocycles. The molecule has 1 aliphatic heterocycles. The maximum absolute atomic E-state index is 6.07. The Morgan fingerprint density at radius 2 is 2.10 bits per heavy atom. The highest BCUT2D eigenvalue weighted by atomic mass is 16.5. The van der Waals surface area contributed by atoms with Crippen LogP contribution in [-0.2, 0) is 4.74 Å². The summed E-state index contributed by atoms with van der Waals surface area (Å²) in [4.78, 5) is 2.54. The van der Waals surface area contributed by atoms with Crippen LogP contribution < -0.4 is 5.73 Å². The maximum atomic E-state index is 6.07. The highest BCUT2D eigenvalue weighted by Crippen LogP contribution is 2.24. The van der Waals surface area contributed by atoms with Crippen LogP contribution in [0.3, 0.4) is 0 Å². The lowest BCUT2D eigenvalue weighted by Crippen LogP contribution is -2.48. The molecule has 0 saturated carbocycles.